The van der Waals surface area contributed by atoms with Crippen LogP contribution in [0.4, 0.5) is 0 Å². The highest BCUT2D eigenvalue weighted by atomic mass is 127. The smallest absolute Gasteiger partial charge is 0.304 e. The highest BCUT2D eigenvalue weighted by Crippen LogP contribution is 2.32. The molecule has 0 N–H and O–H groups in total. The fourth-order valence-corrected chi connectivity index (χ4v) is 2.99. The SMILES string of the molecule is CC(=O)OC[C@H]1O[C@@H](OC(C)=O)[C@H](I)[C@@H](OC(C)=O)[C@@H]1OC(C)=O. The van der Waals surface area contributed by atoms with E-state index in [1.165, 1.54) is 27.7 Å². The Bertz CT molecular complexity index is 490. The fraction of sp³-hybridized carbons (Fsp3) is 0.714. The van der Waals surface area contributed by atoms with Gasteiger partial charge in [0, 0.05) is 27.7 Å². The Morgan fingerprint density at radius 2 is 1.33 bits per heavy atom. The first-order valence-corrected chi connectivity index (χ1v) is 8.31. The number of hydrogen-bond donors (Lipinski definition) is 0. The van der Waals surface area contributed by atoms with Gasteiger partial charge >= 0.3 is 23.9 Å². The molecular formula is C14H19IO9. The van der Waals surface area contributed by atoms with Gasteiger partial charge in [-0.2, -0.15) is 0 Å². The molecule has 0 aromatic heterocycles. The van der Waals surface area contributed by atoms with E-state index in [9.17, 15) is 19.2 Å². The summed E-state index contributed by atoms with van der Waals surface area (Å²) in [6.07, 6.45) is -3.97. The third kappa shape index (κ3) is 6.23. The molecule has 0 bridgehead atoms. The predicted molar refractivity (Wildman–Crippen MR) is 86.0 cm³/mol. The van der Waals surface area contributed by atoms with E-state index in [1.54, 1.807) is 0 Å². The molecule has 1 fully saturated rings. The molecule has 1 aliphatic heterocycles. The molecule has 1 rings (SSSR count). The van der Waals surface area contributed by atoms with Crippen LogP contribution in [0.3, 0.4) is 0 Å². The summed E-state index contributed by atoms with van der Waals surface area (Å²) in [5, 5.41) is 0. The molecule has 0 radical (unpaired) electrons. The molecule has 0 aromatic carbocycles. The first kappa shape index (κ1) is 20.6. The number of halogens is 1. The van der Waals surface area contributed by atoms with Crippen LogP contribution >= 0.6 is 22.6 Å². The molecule has 136 valence electrons. The first-order valence-electron chi connectivity index (χ1n) is 7.06. The van der Waals surface area contributed by atoms with E-state index in [-0.39, 0.29) is 6.61 Å². The summed E-state index contributed by atoms with van der Waals surface area (Å²) < 4.78 is 25.3. The predicted octanol–water partition coefficient (Wildman–Crippen LogP) is 0.504. The van der Waals surface area contributed by atoms with Crippen molar-refractivity contribution < 1.29 is 42.9 Å². The number of rotatable bonds is 5. The quantitative estimate of drug-likeness (QED) is 0.252. The van der Waals surface area contributed by atoms with Gasteiger partial charge in [-0.15, -0.1) is 0 Å². The molecule has 5 atom stereocenters. The van der Waals surface area contributed by atoms with Crippen LogP contribution in [0.2, 0.25) is 0 Å². The second-order valence-electron chi connectivity index (χ2n) is 5.05. The molecule has 0 saturated carbocycles. The molecule has 0 aliphatic carbocycles. The van der Waals surface area contributed by atoms with Gasteiger partial charge in [0.1, 0.15) is 16.6 Å². The van der Waals surface area contributed by atoms with E-state index in [0.717, 1.165) is 0 Å². The third-order valence-corrected chi connectivity index (χ3v) is 4.21. The van der Waals surface area contributed by atoms with Crippen LogP contribution in [0.15, 0.2) is 0 Å². The van der Waals surface area contributed by atoms with E-state index in [2.05, 4.69) is 0 Å². The summed E-state index contributed by atoms with van der Waals surface area (Å²) in [6.45, 7) is 4.54. The Kier molecular flexibility index (Phi) is 7.87. The molecule has 1 heterocycles. The molecular weight excluding hydrogens is 439 g/mol. The van der Waals surface area contributed by atoms with Crippen LogP contribution in [0.1, 0.15) is 27.7 Å². The zero-order chi connectivity index (χ0) is 18.4. The summed E-state index contributed by atoms with van der Waals surface area (Å²) in [4.78, 5) is 45.0. The minimum absolute atomic E-state index is 0.258. The Hall–Kier alpha value is -1.43. The molecule has 0 amide bonds. The van der Waals surface area contributed by atoms with Gasteiger partial charge in [-0.25, -0.2) is 0 Å². The number of alkyl halides is 1. The van der Waals surface area contributed by atoms with Crippen molar-refractivity contribution in [3.63, 3.8) is 0 Å². The van der Waals surface area contributed by atoms with Gasteiger partial charge in [0.15, 0.2) is 12.2 Å². The van der Waals surface area contributed by atoms with Gasteiger partial charge in [0.05, 0.1) is 0 Å². The van der Waals surface area contributed by atoms with Crippen LogP contribution in [0.25, 0.3) is 0 Å². The molecule has 0 spiro atoms. The highest BCUT2D eigenvalue weighted by Gasteiger charge is 2.50. The lowest BCUT2D eigenvalue weighted by molar-refractivity contribution is -0.254. The van der Waals surface area contributed by atoms with Gasteiger partial charge in [0.2, 0.25) is 6.29 Å². The van der Waals surface area contributed by atoms with Crippen LogP contribution in [-0.2, 0) is 42.9 Å². The molecule has 0 unspecified atom stereocenters. The normalized spacial score (nSPS) is 29.3. The van der Waals surface area contributed by atoms with E-state index < -0.39 is 52.4 Å². The minimum Gasteiger partial charge on any atom is -0.463 e. The van der Waals surface area contributed by atoms with Crippen molar-refractivity contribution in [2.75, 3.05) is 6.61 Å². The maximum Gasteiger partial charge on any atom is 0.304 e. The maximum atomic E-state index is 11.4. The lowest BCUT2D eigenvalue weighted by Gasteiger charge is -2.42. The number of ether oxygens (including phenoxy) is 5. The standard InChI is InChI=1S/C14H19IO9/c1-6(16)20-5-10-12(21-7(2)17)13(22-8(3)18)11(15)14(24-10)23-9(4)19/h10-14H,5H2,1-4H3/t10-,11-,12-,13-,14-/m1/s1. The van der Waals surface area contributed by atoms with Gasteiger partial charge < -0.3 is 23.7 Å². The fourth-order valence-electron chi connectivity index (χ4n) is 2.12. The summed E-state index contributed by atoms with van der Waals surface area (Å²) in [5.74, 6) is -2.39. The first-order chi connectivity index (χ1) is 11.1. The third-order valence-electron chi connectivity index (χ3n) is 2.91. The van der Waals surface area contributed by atoms with E-state index in [1.807, 2.05) is 22.6 Å². The number of carbonyl (C=O) groups is 4. The largest absolute Gasteiger partial charge is 0.463 e. The lowest BCUT2D eigenvalue weighted by atomic mass is 10.0. The average molecular weight is 458 g/mol. The van der Waals surface area contributed by atoms with Gasteiger partial charge in [0.25, 0.3) is 0 Å². The Morgan fingerprint density at radius 3 is 1.79 bits per heavy atom. The van der Waals surface area contributed by atoms with Crippen molar-refractivity contribution >= 4 is 46.5 Å². The Labute approximate surface area is 152 Å². The summed E-state index contributed by atoms with van der Waals surface area (Å²) >= 11 is 1.88. The van der Waals surface area contributed by atoms with E-state index >= 15 is 0 Å². The van der Waals surface area contributed by atoms with Crippen molar-refractivity contribution in [2.45, 2.75) is 56.2 Å². The topological polar surface area (TPSA) is 114 Å². The van der Waals surface area contributed by atoms with Crippen LogP contribution in [0.5, 0.6) is 0 Å². The van der Waals surface area contributed by atoms with Crippen molar-refractivity contribution in [3.8, 4) is 0 Å². The monoisotopic (exact) mass is 458 g/mol. The highest BCUT2D eigenvalue weighted by molar-refractivity contribution is 14.1. The molecule has 1 saturated heterocycles. The zero-order valence-corrected chi connectivity index (χ0v) is 15.8. The average Bonchev–Trinajstić information content (AvgIpc) is 2.42. The molecule has 9 nitrogen and oxygen atoms in total. The van der Waals surface area contributed by atoms with Crippen molar-refractivity contribution in [1.29, 1.82) is 0 Å². The molecule has 10 heteroatoms. The summed E-state index contributed by atoms with van der Waals surface area (Å²) in [6, 6.07) is 0. The Morgan fingerprint density at radius 1 is 0.833 bits per heavy atom. The number of hydrogen-bond acceptors (Lipinski definition) is 9. The summed E-state index contributed by atoms with van der Waals surface area (Å²) in [7, 11) is 0. The number of carbonyl (C=O) groups excluding carboxylic acids is 4. The van der Waals surface area contributed by atoms with Crippen molar-refractivity contribution in [2.24, 2.45) is 0 Å². The van der Waals surface area contributed by atoms with Crippen LogP contribution in [0, 0.1) is 0 Å². The van der Waals surface area contributed by atoms with Crippen LogP contribution in [-0.4, -0.2) is 59.0 Å². The zero-order valence-electron chi connectivity index (χ0n) is 13.6. The lowest BCUT2D eigenvalue weighted by Crippen LogP contribution is -2.60. The molecule has 1 aliphatic rings. The van der Waals surface area contributed by atoms with Crippen LogP contribution < -0.4 is 0 Å². The van der Waals surface area contributed by atoms with Crippen molar-refractivity contribution in [1.82, 2.24) is 0 Å². The minimum atomic E-state index is -1.06. The van der Waals surface area contributed by atoms with Crippen molar-refractivity contribution in [3.05, 3.63) is 0 Å². The molecule has 24 heavy (non-hydrogen) atoms. The second-order valence-corrected chi connectivity index (χ2v) is 6.49. The van der Waals surface area contributed by atoms with E-state index in [0.29, 0.717) is 0 Å². The molecule has 0 aromatic rings. The van der Waals surface area contributed by atoms with Gasteiger partial charge in [-0.1, -0.05) is 22.6 Å². The van der Waals surface area contributed by atoms with E-state index in [4.69, 9.17) is 23.7 Å². The maximum absolute atomic E-state index is 11.4. The second kappa shape index (κ2) is 9.16. The number of esters is 4. The van der Waals surface area contributed by atoms with Gasteiger partial charge in [-0.3, -0.25) is 19.2 Å². The Balaban J connectivity index is 3.08. The summed E-state index contributed by atoms with van der Waals surface area (Å²) in [5.41, 5.74) is 0. The van der Waals surface area contributed by atoms with Gasteiger partial charge in [-0.05, 0) is 0 Å².